The Morgan fingerprint density at radius 1 is 1.25 bits per heavy atom. The highest BCUT2D eigenvalue weighted by molar-refractivity contribution is 5.60. The Morgan fingerprint density at radius 3 is 2.40 bits per heavy atom. The first-order valence-electron chi connectivity index (χ1n) is 7.08. The summed E-state index contributed by atoms with van der Waals surface area (Å²) in [5.41, 5.74) is 3.23. The maximum atomic E-state index is 12.6. The lowest BCUT2D eigenvalue weighted by Gasteiger charge is -2.34. The molecule has 2 nitrogen and oxygen atoms in total. The van der Waals surface area contributed by atoms with Crippen LogP contribution in [0, 0.1) is 12.8 Å². The minimum Gasteiger partial charge on any atom is -0.385 e. The van der Waals surface area contributed by atoms with Gasteiger partial charge in [0.15, 0.2) is 0 Å². The molecule has 1 N–H and O–H groups in total. The molecule has 1 saturated heterocycles. The van der Waals surface area contributed by atoms with Crippen LogP contribution in [-0.4, -0.2) is 25.8 Å². The number of piperidine rings is 1. The quantitative estimate of drug-likeness (QED) is 0.895. The zero-order valence-electron chi connectivity index (χ0n) is 11.9. The van der Waals surface area contributed by atoms with E-state index in [-0.39, 0.29) is 12.8 Å². The lowest BCUT2D eigenvalue weighted by molar-refractivity contribution is -0.179. The van der Waals surface area contributed by atoms with E-state index in [0.717, 1.165) is 23.5 Å². The van der Waals surface area contributed by atoms with Gasteiger partial charge in [0.25, 0.3) is 0 Å². The lowest BCUT2D eigenvalue weighted by Crippen LogP contribution is -2.39. The van der Waals surface area contributed by atoms with E-state index in [9.17, 15) is 13.2 Å². The molecular formula is C15H21F3N2. The van der Waals surface area contributed by atoms with Gasteiger partial charge < -0.3 is 10.2 Å². The predicted molar refractivity (Wildman–Crippen MR) is 76.3 cm³/mol. The largest absolute Gasteiger partial charge is 0.391 e. The fourth-order valence-electron chi connectivity index (χ4n) is 2.70. The second-order valence-electron chi connectivity index (χ2n) is 5.33. The third-order valence-corrected chi connectivity index (χ3v) is 3.90. The summed E-state index contributed by atoms with van der Waals surface area (Å²) in [5, 5.41) is 3.27. The molecular weight excluding hydrogens is 265 g/mol. The monoisotopic (exact) mass is 286 g/mol. The van der Waals surface area contributed by atoms with Gasteiger partial charge in [-0.1, -0.05) is 0 Å². The molecule has 1 aromatic rings. The van der Waals surface area contributed by atoms with Gasteiger partial charge in [0.1, 0.15) is 0 Å². The van der Waals surface area contributed by atoms with E-state index in [0.29, 0.717) is 13.1 Å². The van der Waals surface area contributed by atoms with Crippen LogP contribution in [0.25, 0.3) is 0 Å². The molecule has 1 aliphatic heterocycles. The van der Waals surface area contributed by atoms with Gasteiger partial charge in [-0.3, -0.25) is 0 Å². The fourth-order valence-corrected chi connectivity index (χ4v) is 2.70. The molecule has 0 amide bonds. The van der Waals surface area contributed by atoms with E-state index in [1.54, 1.807) is 0 Å². The number of alkyl halides is 3. The second-order valence-corrected chi connectivity index (χ2v) is 5.33. The van der Waals surface area contributed by atoms with Gasteiger partial charge in [-0.05, 0) is 50.5 Å². The number of hydrogen-bond donors (Lipinski definition) is 1. The number of halogens is 3. The molecule has 5 heteroatoms. The van der Waals surface area contributed by atoms with Gasteiger partial charge in [-0.15, -0.1) is 0 Å². The first kappa shape index (κ1) is 15.0. The van der Waals surface area contributed by atoms with E-state index in [1.807, 2.05) is 36.9 Å². The van der Waals surface area contributed by atoms with Crippen LogP contribution >= 0.6 is 0 Å². The Labute approximate surface area is 118 Å². The molecule has 2 rings (SSSR count). The van der Waals surface area contributed by atoms with Crippen molar-refractivity contribution in [2.75, 3.05) is 29.9 Å². The van der Waals surface area contributed by atoms with Crippen molar-refractivity contribution < 1.29 is 13.2 Å². The average molecular weight is 286 g/mol. The highest BCUT2D eigenvalue weighted by Gasteiger charge is 2.41. The fraction of sp³-hybridized carbons (Fsp3) is 0.600. The van der Waals surface area contributed by atoms with Crippen molar-refractivity contribution in [1.82, 2.24) is 0 Å². The molecule has 112 valence electrons. The van der Waals surface area contributed by atoms with Crippen molar-refractivity contribution in [3.63, 3.8) is 0 Å². The molecule has 0 bridgehead atoms. The van der Waals surface area contributed by atoms with E-state index >= 15 is 0 Å². The summed E-state index contributed by atoms with van der Waals surface area (Å²) in [5.74, 6) is -1.14. The van der Waals surface area contributed by atoms with Gasteiger partial charge in [-0.2, -0.15) is 13.2 Å². The molecule has 0 unspecified atom stereocenters. The SMILES string of the molecule is CCNc1ccc(N2CCC(C(F)(F)F)CC2)cc1C. The molecule has 1 fully saturated rings. The topological polar surface area (TPSA) is 15.3 Å². The van der Waals surface area contributed by atoms with Crippen molar-refractivity contribution in [2.24, 2.45) is 5.92 Å². The van der Waals surface area contributed by atoms with E-state index < -0.39 is 12.1 Å². The smallest absolute Gasteiger partial charge is 0.385 e. The third-order valence-electron chi connectivity index (χ3n) is 3.90. The first-order valence-corrected chi connectivity index (χ1v) is 7.08. The van der Waals surface area contributed by atoms with Gasteiger partial charge in [0.2, 0.25) is 0 Å². The molecule has 0 atom stereocenters. The number of benzene rings is 1. The molecule has 0 saturated carbocycles. The molecule has 20 heavy (non-hydrogen) atoms. The minimum absolute atomic E-state index is 0.192. The zero-order chi connectivity index (χ0) is 14.8. The standard InChI is InChI=1S/C15H21F3N2/c1-3-19-14-5-4-13(10-11(14)2)20-8-6-12(7-9-20)15(16,17)18/h4-5,10,12,19H,3,6-9H2,1-2H3. The summed E-state index contributed by atoms with van der Waals surface area (Å²) in [4.78, 5) is 2.05. The van der Waals surface area contributed by atoms with E-state index in [2.05, 4.69) is 5.32 Å². The zero-order valence-corrected chi connectivity index (χ0v) is 11.9. The van der Waals surface area contributed by atoms with Gasteiger partial charge >= 0.3 is 6.18 Å². The normalized spacial score (nSPS) is 17.4. The predicted octanol–water partition coefficient (Wildman–Crippen LogP) is 4.21. The maximum Gasteiger partial charge on any atom is 0.391 e. The minimum atomic E-state index is -4.04. The summed E-state index contributed by atoms with van der Waals surface area (Å²) < 4.78 is 37.9. The summed E-state index contributed by atoms with van der Waals surface area (Å²) in [7, 11) is 0. The summed E-state index contributed by atoms with van der Waals surface area (Å²) in [6.45, 7) is 5.87. The van der Waals surface area contributed by atoms with Crippen molar-refractivity contribution in [3.05, 3.63) is 23.8 Å². The highest BCUT2D eigenvalue weighted by Crippen LogP contribution is 2.35. The first-order chi connectivity index (χ1) is 9.41. The van der Waals surface area contributed by atoms with Crippen LogP contribution in [0.4, 0.5) is 24.5 Å². The highest BCUT2D eigenvalue weighted by atomic mass is 19.4. The van der Waals surface area contributed by atoms with Crippen molar-refractivity contribution in [1.29, 1.82) is 0 Å². The Bertz CT molecular complexity index is 449. The number of anilines is 2. The van der Waals surface area contributed by atoms with Crippen LogP contribution in [0.3, 0.4) is 0 Å². The number of rotatable bonds is 3. The van der Waals surface area contributed by atoms with E-state index in [4.69, 9.17) is 0 Å². The van der Waals surface area contributed by atoms with Crippen LogP contribution in [-0.2, 0) is 0 Å². The van der Waals surface area contributed by atoms with E-state index in [1.165, 1.54) is 0 Å². The molecule has 0 spiro atoms. The summed E-state index contributed by atoms with van der Waals surface area (Å²) >= 11 is 0. The number of hydrogen-bond acceptors (Lipinski definition) is 2. The summed E-state index contributed by atoms with van der Waals surface area (Å²) in [6.07, 6.45) is -3.66. The number of aryl methyl sites for hydroxylation is 1. The van der Waals surface area contributed by atoms with Crippen molar-refractivity contribution >= 4 is 11.4 Å². The third kappa shape index (κ3) is 3.38. The van der Waals surface area contributed by atoms with Gasteiger partial charge in [0, 0.05) is 31.0 Å². The van der Waals surface area contributed by atoms with Gasteiger partial charge in [0.05, 0.1) is 5.92 Å². The Balaban J connectivity index is 2.02. The summed E-state index contributed by atoms with van der Waals surface area (Å²) in [6, 6.07) is 6.04. The molecule has 0 aromatic heterocycles. The van der Waals surface area contributed by atoms with Crippen LogP contribution in [0.2, 0.25) is 0 Å². The number of nitrogens with zero attached hydrogens (tertiary/aromatic N) is 1. The molecule has 1 aromatic carbocycles. The Hall–Kier alpha value is -1.39. The van der Waals surface area contributed by atoms with Crippen LogP contribution in [0.5, 0.6) is 0 Å². The molecule has 1 heterocycles. The average Bonchev–Trinajstić information content (AvgIpc) is 2.40. The van der Waals surface area contributed by atoms with Crippen molar-refractivity contribution in [3.8, 4) is 0 Å². The van der Waals surface area contributed by atoms with Gasteiger partial charge in [-0.25, -0.2) is 0 Å². The Kier molecular flexibility index (Phi) is 4.45. The molecule has 1 aliphatic rings. The van der Waals surface area contributed by atoms with Crippen molar-refractivity contribution in [2.45, 2.75) is 32.9 Å². The number of nitrogens with one attached hydrogen (secondary N) is 1. The second kappa shape index (κ2) is 5.94. The lowest BCUT2D eigenvalue weighted by atomic mass is 9.96. The maximum absolute atomic E-state index is 12.6. The van der Waals surface area contributed by atoms with Crippen LogP contribution in [0.1, 0.15) is 25.3 Å². The van der Waals surface area contributed by atoms with Crippen LogP contribution < -0.4 is 10.2 Å². The van der Waals surface area contributed by atoms with Crippen LogP contribution in [0.15, 0.2) is 18.2 Å². The molecule has 0 radical (unpaired) electrons. The Morgan fingerprint density at radius 2 is 1.90 bits per heavy atom. The molecule has 0 aliphatic carbocycles.